The lowest BCUT2D eigenvalue weighted by atomic mass is 10.1. The zero-order chi connectivity index (χ0) is 11.9. The number of phenolic OH excluding ortho intramolecular Hbond substituents is 1. The van der Waals surface area contributed by atoms with Crippen LogP contribution in [0, 0.1) is 11.8 Å². The second-order valence-electron chi connectivity index (χ2n) is 3.26. The molecule has 0 aliphatic rings. The summed E-state index contributed by atoms with van der Waals surface area (Å²) in [6.07, 6.45) is 0. The molecule has 0 aliphatic heterocycles. The third kappa shape index (κ3) is 1.23. The monoisotopic (exact) mass is 221 g/mol. The van der Waals surface area contributed by atoms with Crippen LogP contribution in [0.15, 0.2) is 26.5 Å². The van der Waals surface area contributed by atoms with Crippen LogP contribution < -0.4 is 5.63 Å². The smallest absolute Gasteiger partial charge is 0.369 e. The van der Waals surface area contributed by atoms with Gasteiger partial charge in [0.2, 0.25) is 5.69 Å². The molecule has 1 aromatic carbocycles. The summed E-state index contributed by atoms with van der Waals surface area (Å²) in [5, 5.41) is 21.6. The molecular formula is C10H7NO5. The number of phenols is 1. The summed E-state index contributed by atoms with van der Waals surface area (Å²) in [7, 11) is 0. The Morgan fingerprint density at radius 1 is 1.31 bits per heavy atom. The van der Waals surface area contributed by atoms with Crippen LogP contribution in [-0.4, -0.2) is 10.2 Å². The summed E-state index contributed by atoms with van der Waals surface area (Å²) < 4.78 is 4.81. The Hall–Kier alpha value is -2.37. The van der Waals surface area contributed by atoms with E-state index in [1.165, 1.54) is 19.1 Å². The number of fused-ring (bicyclic) bond motifs is 1. The number of hydrogen-bond donors (Lipinski definition) is 2. The van der Waals surface area contributed by atoms with Gasteiger partial charge in [0.15, 0.2) is 5.75 Å². The van der Waals surface area contributed by atoms with Crippen LogP contribution in [0.5, 0.6) is 11.5 Å². The summed E-state index contributed by atoms with van der Waals surface area (Å²) in [4.78, 5) is 21.6. The van der Waals surface area contributed by atoms with Crippen LogP contribution in [0.4, 0.5) is 5.69 Å². The predicted molar refractivity (Wildman–Crippen MR) is 56.0 cm³/mol. The molecule has 1 heterocycles. The lowest BCUT2D eigenvalue weighted by Gasteiger charge is -2.04. The molecule has 2 aromatic rings. The Morgan fingerprint density at radius 3 is 2.62 bits per heavy atom. The second-order valence-corrected chi connectivity index (χ2v) is 3.26. The summed E-state index contributed by atoms with van der Waals surface area (Å²) in [6.45, 7) is 1.52. The van der Waals surface area contributed by atoms with Gasteiger partial charge in [0.25, 0.3) is 0 Å². The molecule has 0 spiro atoms. The van der Waals surface area contributed by atoms with Crippen LogP contribution >= 0.6 is 0 Å². The van der Waals surface area contributed by atoms with Gasteiger partial charge in [-0.05, 0) is 24.2 Å². The maximum atomic E-state index is 11.2. The maximum Gasteiger partial charge on any atom is 0.369 e. The number of aryl methyl sites for hydroxylation is 1. The van der Waals surface area contributed by atoms with Crippen molar-refractivity contribution in [1.82, 2.24) is 0 Å². The van der Waals surface area contributed by atoms with E-state index >= 15 is 0 Å². The lowest BCUT2D eigenvalue weighted by Crippen LogP contribution is -1.99. The third-order valence-corrected chi connectivity index (χ3v) is 2.34. The van der Waals surface area contributed by atoms with Crippen LogP contribution in [0.3, 0.4) is 0 Å². The van der Waals surface area contributed by atoms with Crippen LogP contribution in [0.25, 0.3) is 11.0 Å². The summed E-state index contributed by atoms with van der Waals surface area (Å²) in [5.41, 5.74) is -1.36. The number of aromatic hydroxyl groups is 2. The molecule has 82 valence electrons. The van der Waals surface area contributed by atoms with Crippen molar-refractivity contribution < 1.29 is 14.6 Å². The summed E-state index contributed by atoms with van der Waals surface area (Å²) >= 11 is 0. The van der Waals surface area contributed by atoms with Gasteiger partial charge in [-0.3, -0.25) is 0 Å². The molecule has 2 N–H and O–H groups in total. The zero-order valence-electron chi connectivity index (χ0n) is 8.22. The van der Waals surface area contributed by atoms with Crippen molar-refractivity contribution in [2.24, 2.45) is 5.18 Å². The maximum absolute atomic E-state index is 11.2. The predicted octanol–water partition coefficient (Wildman–Crippen LogP) is 1.91. The first-order chi connectivity index (χ1) is 7.56. The highest BCUT2D eigenvalue weighted by atomic mass is 16.4. The van der Waals surface area contributed by atoms with Crippen LogP contribution in [0.1, 0.15) is 5.56 Å². The standard InChI is InChI=1S/C10H7NO5/c1-4-6(12)3-2-5-8(13)7(11-15)10(14)16-9(4)5/h2-3,12-13H,1H3. The van der Waals surface area contributed by atoms with E-state index in [1.54, 1.807) is 0 Å². The first-order valence-electron chi connectivity index (χ1n) is 4.38. The molecule has 0 bridgehead atoms. The van der Waals surface area contributed by atoms with Gasteiger partial charge in [-0.2, -0.15) is 0 Å². The van der Waals surface area contributed by atoms with E-state index in [0.717, 1.165) is 0 Å². The topological polar surface area (TPSA) is 100 Å². The molecule has 6 nitrogen and oxygen atoms in total. The fourth-order valence-corrected chi connectivity index (χ4v) is 1.45. The van der Waals surface area contributed by atoms with Gasteiger partial charge in [0.05, 0.1) is 5.39 Å². The highest BCUT2D eigenvalue weighted by Crippen LogP contribution is 2.35. The van der Waals surface area contributed by atoms with Crippen molar-refractivity contribution in [3.8, 4) is 11.5 Å². The number of hydrogen-bond acceptors (Lipinski definition) is 6. The largest absolute Gasteiger partial charge is 0.508 e. The highest BCUT2D eigenvalue weighted by molar-refractivity contribution is 5.90. The van der Waals surface area contributed by atoms with Crippen molar-refractivity contribution in [2.75, 3.05) is 0 Å². The summed E-state index contributed by atoms with van der Waals surface area (Å²) in [6, 6.07) is 2.66. The SMILES string of the molecule is Cc1c(O)ccc2c(O)c(N=O)c(=O)oc12. The molecule has 0 saturated heterocycles. The van der Waals surface area contributed by atoms with E-state index in [2.05, 4.69) is 5.18 Å². The molecular weight excluding hydrogens is 214 g/mol. The fraction of sp³-hybridized carbons (Fsp3) is 0.100. The van der Waals surface area contributed by atoms with Gasteiger partial charge in [-0.1, -0.05) is 0 Å². The van der Waals surface area contributed by atoms with Crippen LogP contribution in [-0.2, 0) is 0 Å². The molecule has 1 aromatic heterocycles. The highest BCUT2D eigenvalue weighted by Gasteiger charge is 2.16. The van der Waals surface area contributed by atoms with Gasteiger partial charge in [0, 0.05) is 5.56 Å². The molecule has 16 heavy (non-hydrogen) atoms. The van der Waals surface area contributed by atoms with E-state index in [-0.39, 0.29) is 16.7 Å². The van der Waals surface area contributed by atoms with Gasteiger partial charge >= 0.3 is 5.63 Å². The normalized spacial score (nSPS) is 10.6. The quantitative estimate of drug-likeness (QED) is 0.565. The Labute approximate surface area is 88.7 Å². The van der Waals surface area contributed by atoms with Gasteiger partial charge < -0.3 is 14.6 Å². The minimum Gasteiger partial charge on any atom is -0.508 e. The molecule has 0 atom stereocenters. The molecule has 0 aliphatic carbocycles. The minimum absolute atomic E-state index is 0.0369. The first-order valence-corrected chi connectivity index (χ1v) is 4.38. The molecule has 6 heteroatoms. The Kier molecular flexibility index (Phi) is 2.12. The average Bonchev–Trinajstić information content (AvgIpc) is 2.25. The molecule has 0 amide bonds. The number of rotatable bonds is 1. The lowest BCUT2D eigenvalue weighted by molar-refractivity contribution is 0.461. The average molecular weight is 221 g/mol. The van der Waals surface area contributed by atoms with Crippen molar-refractivity contribution in [1.29, 1.82) is 0 Å². The van der Waals surface area contributed by atoms with Crippen molar-refractivity contribution in [3.05, 3.63) is 33.0 Å². The fourth-order valence-electron chi connectivity index (χ4n) is 1.45. The van der Waals surface area contributed by atoms with Crippen molar-refractivity contribution >= 4 is 16.7 Å². The zero-order valence-corrected chi connectivity index (χ0v) is 8.22. The van der Waals surface area contributed by atoms with Crippen molar-refractivity contribution in [3.63, 3.8) is 0 Å². The van der Waals surface area contributed by atoms with Gasteiger partial charge in [-0.15, -0.1) is 4.91 Å². The third-order valence-electron chi connectivity index (χ3n) is 2.34. The van der Waals surface area contributed by atoms with E-state index in [1.807, 2.05) is 0 Å². The minimum atomic E-state index is -1.03. The molecule has 2 rings (SSSR count). The van der Waals surface area contributed by atoms with Gasteiger partial charge in [-0.25, -0.2) is 4.79 Å². The Morgan fingerprint density at radius 2 is 2.00 bits per heavy atom. The van der Waals surface area contributed by atoms with Gasteiger partial charge in [0.1, 0.15) is 11.3 Å². The molecule has 0 unspecified atom stereocenters. The number of nitroso groups, excluding NO2 is 1. The van der Waals surface area contributed by atoms with Crippen LogP contribution in [0.2, 0.25) is 0 Å². The Balaban J connectivity index is 3.04. The number of benzene rings is 1. The second kappa shape index (κ2) is 3.34. The molecule has 0 saturated carbocycles. The Bertz CT molecular complexity index is 644. The van der Waals surface area contributed by atoms with E-state index in [9.17, 15) is 19.9 Å². The van der Waals surface area contributed by atoms with E-state index < -0.39 is 17.1 Å². The molecule has 0 radical (unpaired) electrons. The van der Waals surface area contributed by atoms with E-state index in [0.29, 0.717) is 5.56 Å². The first kappa shape index (κ1) is 10.2. The number of nitrogens with zero attached hydrogens (tertiary/aromatic N) is 1. The van der Waals surface area contributed by atoms with Crippen molar-refractivity contribution in [2.45, 2.75) is 6.92 Å². The summed E-state index contributed by atoms with van der Waals surface area (Å²) in [5.74, 6) is -0.605. The molecule has 0 fully saturated rings. The van der Waals surface area contributed by atoms with E-state index in [4.69, 9.17) is 4.42 Å².